The fraction of sp³-hybridized carbons (Fsp3) is 0.818. The van der Waals surface area contributed by atoms with Crippen molar-refractivity contribution < 1.29 is 0 Å². The minimum Gasteiger partial charge on any atom is -0.306 e. The van der Waals surface area contributed by atoms with Gasteiger partial charge in [-0.1, -0.05) is 12.1 Å². The van der Waals surface area contributed by atoms with Crippen LogP contribution in [0.4, 0.5) is 0 Å². The molecule has 0 bridgehead atoms. The van der Waals surface area contributed by atoms with E-state index in [2.05, 4.69) is 29.5 Å². The first-order valence-corrected chi connectivity index (χ1v) is 5.95. The number of rotatable bonds is 3. The Hall–Kier alpha value is -0.900. The van der Waals surface area contributed by atoms with Crippen LogP contribution in [0.15, 0.2) is 6.20 Å². The van der Waals surface area contributed by atoms with Gasteiger partial charge in [-0.05, 0) is 32.6 Å². The van der Waals surface area contributed by atoms with Crippen LogP contribution >= 0.6 is 0 Å². The molecule has 1 aliphatic heterocycles. The third-order valence-electron chi connectivity index (χ3n) is 3.06. The SMILES string of the molecule is CCCn1nncc1C1CCCC(C)N1. The molecule has 1 saturated heterocycles. The van der Waals surface area contributed by atoms with E-state index in [1.807, 2.05) is 10.9 Å². The molecule has 84 valence electrons. The van der Waals surface area contributed by atoms with Gasteiger partial charge in [-0.2, -0.15) is 0 Å². The van der Waals surface area contributed by atoms with Crippen LogP contribution in [0.25, 0.3) is 0 Å². The average molecular weight is 208 g/mol. The standard InChI is InChI=1S/C11H20N4/c1-3-7-15-11(8-12-14-15)10-6-4-5-9(2)13-10/h8-10,13H,3-7H2,1-2H3. The average Bonchev–Trinajstić information content (AvgIpc) is 2.66. The van der Waals surface area contributed by atoms with Crippen molar-refractivity contribution in [1.29, 1.82) is 0 Å². The highest BCUT2D eigenvalue weighted by atomic mass is 15.4. The van der Waals surface area contributed by atoms with E-state index < -0.39 is 0 Å². The number of nitrogens with one attached hydrogen (secondary N) is 1. The van der Waals surface area contributed by atoms with E-state index in [0.29, 0.717) is 12.1 Å². The summed E-state index contributed by atoms with van der Waals surface area (Å²) in [6, 6.07) is 1.07. The zero-order valence-electron chi connectivity index (χ0n) is 9.61. The fourth-order valence-electron chi connectivity index (χ4n) is 2.29. The van der Waals surface area contributed by atoms with Crippen LogP contribution in [-0.4, -0.2) is 21.0 Å². The Balaban J connectivity index is 2.10. The Labute approximate surface area is 91.1 Å². The van der Waals surface area contributed by atoms with Crippen molar-refractivity contribution in [2.24, 2.45) is 0 Å². The molecule has 15 heavy (non-hydrogen) atoms. The van der Waals surface area contributed by atoms with Gasteiger partial charge in [0.25, 0.3) is 0 Å². The Bertz CT molecular complexity index is 307. The van der Waals surface area contributed by atoms with E-state index in [4.69, 9.17) is 0 Å². The van der Waals surface area contributed by atoms with E-state index in [-0.39, 0.29) is 0 Å². The zero-order chi connectivity index (χ0) is 10.7. The minimum absolute atomic E-state index is 0.454. The summed E-state index contributed by atoms with van der Waals surface area (Å²) >= 11 is 0. The topological polar surface area (TPSA) is 42.7 Å². The van der Waals surface area contributed by atoms with Gasteiger partial charge in [0.1, 0.15) is 0 Å². The Kier molecular flexibility index (Phi) is 3.36. The highest BCUT2D eigenvalue weighted by molar-refractivity contribution is 5.04. The van der Waals surface area contributed by atoms with Crippen LogP contribution in [0.3, 0.4) is 0 Å². The Morgan fingerprint density at radius 1 is 1.53 bits per heavy atom. The van der Waals surface area contributed by atoms with Crippen molar-refractivity contribution in [3.05, 3.63) is 11.9 Å². The summed E-state index contributed by atoms with van der Waals surface area (Å²) in [6.07, 6.45) is 6.81. The summed E-state index contributed by atoms with van der Waals surface area (Å²) in [5.74, 6) is 0. The third-order valence-corrected chi connectivity index (χ3v) is 3.06. The minimum atomic E-state index is 0.454. The summed E-state index contributed by atoms with van der Waals surface area (Å²) in [5.41, 5.74) is 1.25. The first-order valence-electron chi connectivity index (χ1n) is 5.95. The number of hydrogen-bond acceptors (Lipinski definition) is 3. The number of aromatic nitrogens is 3. The molecule has 2 atom stereocenters. The molecule has 0 aliphatic carbocycles. The van der Waals surface area contributed by atoms with Gasteiger partial charge in [-0.3, -0.25) is 0 Å². The van der Waals surface area contributed by atoms with Gasteiger partial charge >= 0.3 is 0 Å². The molecule has 1 aromatic heterocycles. The first kappa shape index (κ1) is 10.6. The molecule has 4 heteroatoms. The number of aryl methyl sites for hydroxylation is 1. The molecule has 2 heterocycles. The fourth-order valence-corrected chi connectivity index (χ4v) is 2.29. The lowest BCUT2D eigenvalue weighted by molar-refractivity contribution is 0.325. The lowest BCUT2D eigenvalue weighted by Crippen LogP contribution is -2.35. The summed E-state index contributed by atoms with van der Waals surface area (Å²) < 4.78 is 2.04. The molecule has 0 amide bonds. The van der Waals surface area contributed by atoms with Crippen molar-refractivity contribution in [2.45, 2.75) is 58.2 Å². The van der Waals surface area contributed by atoms with Crippen molar-refractivity contribution in [3.63, 3.8) is 0 Å². The highest BCUT2D eigenvalue weighted by Gasteiger charge is 2.22. The van der Waals surface area contributed by atoms with Gasteiger partial charge in [0, 0.05) is 12.6 Å². The van der Waals surface area contributed by atoms with Gasteiger partial charge in [0.05, 0.1) is 17.9 Å². The van der Waals surface area contributed by atoms with Crippen LogP contribution in [-0.2, 0) is 6.54 Å². The van der Waals surface area contributed by atoms with Crippen molar-refractivity contribution in [1.82, 2.24) is 20.3 Å². The van der Waals surface area contributed by atoms with E-state index in [1.54, 1.807) is 0 Å². The lowest BCUT2D eigenvalue weighted by atomic mass is 9.98. The van der Waals surface area contributed by atoms with Crippen molar-refractivity contribution in [3.8, 4) is 0 Å². The van der Waals surface area contributed by atoms with Crippen molar-refractivity contribution >= 4 is 0 Å². The smallest absolute Gasteiger partial charge is 0.0756 e. The molecule has 4 nitrogen and oxygen atoms in total. The molecule has 1 aromatic rings. The molecular weight excluding hydrogens is 188 g/mol. The third kappa shape index (κ3) is 2.37. The molecule has 1 N–H and O–H groups in total. The zero-order valence-corrected chi connectivity index (χ0v) is 9.61. The van der Waals surface area contributed by atoms with Crippen LogP contribution in [0.1, 0.15) is 51.3 Å². The van der Waals surface area contributed by atoms with E-state index in [0.717, 1.165) is 13.0 Å². The Morgan fingerprint density at radius 3 is 3.13 bits per heavy atom. The predicted octanol–water partition coefficient (Wildman–Crippen LogP) is 1.89. The normalized spacial score (nSPS) is 26.8. The molecule has 2 rings (SSSR count). The van der Waals surface area contributed by atoms with E-state index >= 15 is 0 Å². The maximum Gasteiger partial charge on any atom is 0.0756 e. The van der Waals surface area contributed by atoms with Gasteiger partial charge in [0.15, 0.2) is 0 Å². The first-order chi connectivity index (χ1) is 7.31. The summed E-state index contributed by atoms with van der Waals surface area (Å²) in [6.45, 7) is 5.39. The number of piperidine rings is 1. The lowest BCUT2D eigenvalue weighted by Gasteiger charge is -2.28. The van der Waals surface area contributed by atoms with Gasteiger partial charge in [-0.25, -0.2) is 4.68 Å². The van der Waals surface area contributed by atoms with Crippen LogP contribution < -0.4 is 5.32 Å². The van der Waals surface area contributed by atoms with E-state index in [1.165, 1.54) is 25.0 Å². The van der Waals surface area contributed by atoms with Crippen molar-refractivity contribution in [2.75, 3.05) is 0 Å². The number of hydrogen-bond donors (Lipinski definition) is 1. The largest absolute Gasteiger partial charge is 0.306 e. The summed E-state index contributed by atoms with van der Waals surface area (Å²) in [7, 11) is 0. The molecule has 0 aromatic carbocycles. The quantitative estimate of drug-likeness (QED) is 0.825. The molecule has 1 fully saturated rings. The predicted molar refractivity (Wildman–Crippen MR) is 59.5 cm³/mol. The molecule has 0 saturated carbocycles. The second-order valence-electron chi connectivity index (χ2n) is 4.43. The van der Waals surface area contributed by atoms with Gasteiger partial charge in [0.2, 0.25) is 0 Å². The van der Waals surface area contributed by atoms with Gasteiger partial charge < -0.3 is 5.32 Å². The molecule has 0 spiro atoms. The molecule has 0 radical (unpaired) electrons. The second kappa shape index (κ2) is 4.75. The molecule has 1 aliphatic rings. The molecular formula is C11H20N4. The maximum absolute atomic E-state index is 4.13. The molecule has 2 unspecified atom stereocenters. The summed E-state index contributed by atoms with van der Waals surface area (Å²) in [4.78, 5) is 0. The van der Waals surface area contributed by atoms with Crippen LogP contribution in [0.2, 0.25) is 0 Å². The maximum atomic E-state index is 4.13. The second-order valence-corrected chi connectivity index (χ2v) is 4.43. The van der Waals surface area contributed by atoms with Gasteiger partial charge in [-0.15, -0.1) is 5.10 Å². The highest BCUT2D eigenvalue weighted by Crippen LogP contribution is 2.24. The van der Waals surface area contributed by atoms with E-state index in [9.17, 15) is 0 Å². The monoisotopic (exact) mass is 208 g/mol. The van der Waals surface area contributed by atoms with Crippen LogP contribution in [0, 0.1) is 0 Å². The Morgan fingerprint density at radius 2 is 2.40 bits per heavy atom. The number of nitrogens with zero attached hydrogens (tertiary/aromatic N) is 3. The van der Waals surface area contributed by atoms with Crippen LogP contribution in [0.5, 0.6) is 0 Å². The summed E-state index contributed by atoms with van der Waals surface area (Å²) in [5, 5.41) is 11.8.